The van der Waals surface area contributed by atoms with E-state index in [9.17, 15) is 0 Å². The van der Waals surface area contributed by atoms with Gasteiger partial charge in [0.15, 0.2) is 0 Å². The minimum absolute atomic E-state index is 0.809. The molecule has 2 heterocycles. The zero-order valence-corrected chi connectivity index (χ0v) is 16.1. The number of hydrogen-bond acceptors (Lipinski definition) is 3. The smallest absolute Gasteiger partial charge is 0.0412 e. The molecular formula is C21H23ClN2S. The van der Waals surface area contributed by atoms with Crippen LogP contribution in [0.3, 0.4) is 0 Å². The Morgan fingerprint density at radius 2 is 1.76 bits per heavy atom. The van der Waals surface area contributed by atoms with E-state index in [0.29, 0.717) is 0 Å². The van der Waals surface area contributed by atoms with Crippen molar-refractivity contribution < 1.29 is 0 Å². The minimum Gasteiger partial charge on any atom is -0.304 e. The van der Waals surface area contributed by atoms with E-state index in [4.69, 9.17) is 11.6 Å². The Bertz CT molecular complexity index is 794. The van der Waals surface area contributed by atoms with Crippen LogP contribution >= 0.6 is 23.4 Å². The maximum atomic E-state index is 6.29. The molecule has 2 nitrogen and oxygen atoms in total. The van der Waals surface area contributed by atoms with Crippen molar-refractivity contribution in [3.63, 3.8) is 0 Å². The Balaban J connectivity index is 1.58. The van der Waals surface area contributed by atoms with E-state index in [-0.39, 0.29) is 0 Å². The monoisotopic (exact) mass is 370 g/mol. The summed E-state index contributed by atoms with van der Waals surface area (Å²) in [6, 6.07) is 14.9. The summed E-state index contributed by atoms with van der Waals surface area (Å²) in [6.45, 7) is 5.83. The second-order valence-electron chi connectivity index (χ2n) is 6.79. The number of likely N-dealkylation sites (N-methyl/N-ethyl adjacent to an activating group) is 1. The lowest BCUT2D eigenvalue weighted by atomic mass is 9.96. The van der Waals surface area contributed by atoms with Crippen LogP contribution in [0.4, 0.5) is 0 Å². The van der Waals surface area contributed by atoms with Gasteiger partial charge in [-0.2, -0.15) is 0 Å². The van der Waals surface area contributed by atoms with Crippen LogP contribution in [0.15, 0.2) is 58.3 Å². The molecule has 2 aliphatic rings. The zero-order chi connectivity index (χ0) is 17.2. The van der Waals surface area contributed by atoms with Crippen molar-refractivity contribution in [2.75, 3.05) is 39.8 Å². The fraction of sp³-hybridized carbons (Fsp3) is 0.333. The second kappa shape index (κ2) is 7.55. The highest BCUT2D eigenvalue weighted by atomic mass is 35.5. The number of rotatable bonds is 3. The van der Waals surface area contributed by atoms with Crippen LogP contribution < -0.4 is 0 Å². The van der Waals surface area contributed by atoms with Gasteiger partial charge in [0.1, 0.15) is 0 Å². The van der Waals surface area contributed by atoms with Crippen molar-refractivity contribution in [2.45, 2.75) is 16.2 Å². The molecule has 0 saturated carbocycles. The Morgan fingerprint density at radius 3 is 2.60 bits per heavy atom. The van der Waals surface area contributed by atoms with Crippen molar-refractivity contribution in [1.82, 2.24) is 9.80 Å². The Hall–Kier alpha value is -1.26. The number of hydrogen-bond donors (Lipinski definition) is 0. The molecule has 130 valence electrons. The molecule has 0 aliphatic carbocycles. The highest BCUT2D eigenvalue weighted by Gasteiger charge is 2.21. The van der Waals surface area contributed by atoms with Crippen LogP contribution in [0.2, 0.25) is 5.02 Å². The Labute approximate surface area is 159 Å². The summed E-state index contributed by atoms with van der Waals surface area (Å²) in [5, 5.41) is 0.809. The minimum atomic E-state index is 0.809. The lowest BCUT2D eigenvalue weighted by Crippen LogP contribution is -2.44. The quantitative estimate of drug-likeness (QED) is 0.649. The van der Waals surface area contributed by atoms with E-state index in [0.717, 1.165) is 18.0 Å². The Kier molecular flexibility index (Phi) is 5.18. The maximum Gasteiger partial charge on any atom is 0.0412 e. The fourth-order valence-electron chi connectivity index (χ4n) is 3.53. The molecule has 0 aromatic heterocycles. The molecule has 2 aromatic rings. The van der Waals surface area contributed by atoms with Gasteiger partial charge in [-0.3, -0.25) is 0 Å². The second-order valence-corrected chi connectivity index (χ2v) is 8.31. The molecule has 2 aliphatic heterocycles. The largest absolute Gasteiger partial charge is 0.304 e. The maximum absolute atomic E-state index is 6.29. The summed E-state index contributed by atoms with van der Waals surface area (Å²) in [5.74, 6) is 0. The van der Waals surface area contributed by atoms with Gasteiger partial charge in [-0.25, -0.2) is 0 Å². The van der Waals surface area contributed by atoms with E-state index < -0.39 is 0 Å². The molecule has 0 bridgehead atoms. The third-order valence-electron chi connectivity index (χ3n) is 5.02. The molecule has 0 spiro atoms. The Morgan fingerprint density at radius 1 is 1.00 bits per heavy atom. The lowest BCUT2D eigenvalue weighted by Gasteiger charge is -2.32. The van der Waals surface area contributed by atoms with E-state index in [1.54, 1.807) is 0 Å². The average Bonchev–Trinajstić information content (AvgIpc) is 2.63. The molecule has 1 saturated heterocycles. The summed E-state index contributed by atoms with van der Waals surface area (Å²) in [5.41, 5.74) is 3.94. The summed E-state index contributed by atoms with van der Waals surface area (Å²) in [7, 11) is 2.20. The van der Waals surface area contributed by atoms with E-state index in [2.05, 4.69) is 59.3 Å². The molecule has 4 heteroatoms. The topological polar surface area (TPSA) is 6.48 Å². The van der Waals surface area contributed by atoms with Crippen molar-refractivity contribution in [3.05, 3.63) is 64.7 Å². The molecule has 1 fully saturated rings. The van der Waals surface area contributed by atoms with Crippen molar-refractivity contribution in [3.8, 4) is 0 Å². The van der Waals surface area contributed by atoms with Gasteiger partial charge < -0.3 is 9.80 Å². The highest BCUT2D eigenvalue weighted by molar-refractivity contribution is 7.99. The van der Waals surface area contributed by atoms with Crippen LogP contribution in [0.5, 0.6) is 0 Å². The van der Waals surface area contributed by atoms with Gasteiger partial charge in [0.2, 0.25) is 0 Å². The van der Waals surface area contributed by atoms with Gasteiger partial charge in [0.05, 0.1) is 0 Å². The van der Waals surface area contributed by atoms with Gasteiger partial charge in [0, 0.05) is 47.5 Å². The van der Waals surface area contributed by atoms with Gasteiger partial charge in [0.25, 0.3) is 0 Å². The average molecular weight is 371 g/mol. The summed E-state index contributed by atoms with van der Waals surface area (Å²) < 4.78 is 0. The van der Waals surface area contributed by atoms with E-state index in [1.165, 1.54) is 52.7 Å². The van der Waals surface area contributed by atoms with E-state index >= 15 is 0 Å². The highest BCUT2D eigenvalue weighted by Crippen LogP contribution is 2.46. The number of halogens is 1. The number of benzene rings is 2. The van der Waals surface area contributed by atoms with Crippen molar-refractivity contribution >= 4 is 28.9 Å². The third-order valence-corrected chi connectivity index (χ3v) is 6.41. The standard InChI is InChI=1S/C21H23ClN2S/c1-23-11-13-24(14-12-23)10-4-6-17-18-5-2-3-7-20(18)25-21-9-8-16(22)15-19(17)21/h2-3,5-9,15H,4,10-14H2,1H3. The molecule has 4 rings (SSSR count). The van der Waals surface area contributed by atoms with Crippen LogP contribution in [0.1, 0.15) is 17.5 Å². The molecular weight excluding hydrogens is 348 g/mol. The van der Waals surface area contributed by atoms with Gasteiger partial charge in [-0.15, -0.1) is 0 Å². The predicted molar refractivity (Wildman–Crippen MR) is 108 cm³/mol. The van der Waals surface area contributed by atoms with Gasteiger partial charge in [-0.1, -0.05) is 47.6 Å². The van der Waals surface area contributed by atoms with Crippen LogP contribution in [-0.4, -0.2) is 49.6 Å². The molecule has 25 heavy (non-hydrogen) atoms. The third kappa shape index (κ3) is 3.80. The SMILES string of the molecule is CN1CCN(CCC=C2c3ccccc3Sc3ccc(Cl)cc32)CC1. The van der Waals surface area contributed by atoms with Gasteiger partial charge in [-0.05, 0) is 54.4 Å². The van der Waals surface area contributed by atoms with Crippen molar-refractivity contribution in [1.29, 1.82) is 0 Å². The number of nitrogens with zero attached hydrogens (tertiary/aromatic N) is 2. The van der Waals surface area contributed by atoms with Crippen LogP contribution in [-0.2, 0) is 0 Å². The van der Waals surface area contributed by atoms with Gasteiger partial charge >= 0.3 is 0 Å². The zero-order valence-electron chi connectivity index (χ0n) is 14.5. The first kappa shape index (κ1) is 17.2. The fourth-order valence-corrected chi connectivity index (χ4v) is 4.78. The summed E-state index contributed by atoms with van der Waals surface area (Å²) in [4.78, 5) is 7.61. The van der Waals surface area contributed by atoms with Crippen LogP contribution in [0, 0.1) is 0 Å². The normalized spacial score (nSPS) is 19.7. The molecule has 2 aromatic carbocycles. The molecule has 0 N–H and O–H groups in total. The molecule has 0 amide bonds. The lowest BCUT2D eigenvalue weighted by molar-refractivity contribution is 0.156. The predicted octanol–water partition coefficient (Wildman–Crippen LogP) is 4.87. The summed E-state index contributed by atoms with van der Waals surface area (Å²) >= 11 is 8.13. The number of piperazine rings is 1. The molecule has 0 atom stereocenters. The molecule has 0 unspecified atom stereocenters. The van der Waals surface area contributed by atoms with Crippen molar-refractivity contribution in [2.24, 2.45) is 0 Å². The van der Waals surface area contributed by atoms with E-state index in [1.807, 2.05) is 17.8 Å². The first-order valence-electron chi connectivity index (χ1n) is 8.89. The van der Waals surface area contributed by atoms with Crippen LogP contribution in [0.25, 0.3) is 5.57 Å². The summed E-state index contributed by atoms with van der Waals surface area (Å²) in [6.07, 6.45) is 3.48. The molecule has 0 radical (unpaired) electrons. The first-order chi connectivity index (χ1) is 12.2. The number of fused-ring (bicyclic) bond motifs is 2. The first-order valence-corrected chi connectivity index (χ1v) is 10.1.